The molecule has 0 unspecified atom stereocenters. The molecule has 0 saturated carbocycles. The van der Waals surface area contributed by atoms with Crippen LogP contribution in [-0.2, 0) is 14.8 Å². The minimum Gasteiger partial charge on any atom is -0.423 e. The highest BCUT2D eigenvalue weighted by Crippen LogP contribution is 2.31. The standard InChI is InChI=1S/C17H15Cl2NO5S/c18-14-11-15(19)16(26(22,23)20-6-8-24-9-7-20)10-13(14)17(21)25-12-4-2-1-3-5-12/h1-5,10-11H,6-9H2. The third-order valence-corrected chi connectivity index (χ3v) is 6.46. The third-order valence-electron chi connectivity index (χ3n) is 3.78. The second-order valence-electron chi connectivity index (χ2n) is 5.48. The number of morpholine rings is 1. The summed E-state index contributed by atoms with van der Waals surface area (Å²) < 4.78 is 37.4. The van der Waals surface area contributed by atoms with E-state index in [2.05, 4.69) is 0 Å². The van der Waals surface area contributed by atoms with Gasteiger partial charge in [0.15, 0.2) is 0 Å². The highest BCUT2D eigenvalue weighted by Gasteiger charge is 2.30. The van der Waals surface area contributed by atoms with Gasteiger partial charge in [-0.1, -0.05) is 41.4 Å². The van der Waals surface area contributed by atoms with Crippen LogP contribution in [0.4, 0.5) is 0 Å². The number of rotatable bonds is 4. The van der Waals surface area contributed by atoms with E-state index < -0.39 is 16.0 Å². The van der Waals surface area contributed by atoms with E-state index >= 15 is 0 Å². The van der Waals surface area contributed by atoms with Gasteiger partial charge in [0.1, 0.15) is 10.6 Å². The van der Waals surface area contributed by atoms with E-state index in [0.717, 1.165) is 6.07 Å². The highest BCUT2D eigenvalue weighted by atomic mass is 35.5. The smallest absolute Gasteiger partial charge is 0.345 e. The SMILES string of the molecule is O=C(Oc1ccccc1)c1cc(S(=O)(=O)N2CCOCC2)c(Cl)cc1Cl. The summed E-state index contributed by atoms with van der Waals surface area (Å²) >= 11 is 12.2. The van der Waals surface area contributed by atoms with Crippen molar-refractivity contribution in [1.82, 2.24) is 4.31 Å². The highest BCUT2D eigenvalue weighted by molar-refractivity contribution is 7.89. The molecule has 138 valence electrons. The molecular formula is C17H15Cl2NO5S. The molecule has 1 fully saturated rings. The molecule has 0 N–H and O–H groups in total. The van der Waals surface area contributed by atoms with Crippen LogP contribution in [0.1, 0.15) is 10.4 Å². The number of hydrogen-bond acceptors (Lipinski definition) is 5. The zero-order valence-corrected chi connectivity index (χ0v) is 15.9. The molecule has 1 heterocycles. The van der Waals surface area contributed by atoms with E-state index in [1.807, 2.05) is 0 Å². The molecule has 0 amide bonds. The lowest BCUT2D eigenvalue weighted by atomic mass is 10.2. The molecule has 0 atom stereocenters. The Kier molecular flexibility index (Phi) is 5.84. The number of carbonyl (C=O) groups excluding carboxylic acids is 1. The summed E-state index contributed by atoms with van der Waals surface area (Å²) in [6, 6.07) is 10.8. The molecule has 2 aromatic rings. The van der Waals surface area contributed by atoms with Crippen molar-refractivity contribution in [3.8, 4) is 5.75 Å². The van der Waals surface area contributed by atoms with Gasteiger partial charge in [-0.2, -0.15) is 4.31 Å². The quantitative estimate of drug-likeness (QED) is 0.565. The fourth-order valence-electron chi connectivity index (χ4n) is 2.46. The van der Waals surface area contributed by atoms with Crippen molar-refractivity contribution in [2.24, 2.45) is 0 Å². The van der Waals surface area contributed by atoms with Gasteiger partial charge in [0.25, 0.3) is 0 Å². The molecule has 0 radical (unpaired) electrons. The van der Waals surface area contributed by atoms with Gasteiger partial charge in [0.2, 0.25) is 10.0 Å². The van der Waals surface area contributed by atoms with Crippen molar-refractivity contribution in [3.05, 3.63) is 58.1 Å². The van der Waals surface area contributed by atoms with Crippen molar-refractivity contribution in [2.45, 2.75) is 4.90 Å². The summed E-state index contributed by atoms with van der Waals surface area (Å²) in [5.41, 5.74) is -0.0771. The summed E-state index contributed by atoms with van der Waals surface area (Å²) in [7, 11) is -3.88. The zero-order valence-electron chi connectivity index (χ0n) is 13.5. The first-order chi connectivity index (χ1) is 12.4. The van der Waals surface area contributed by atoms with Crippen LogP contribution < -0.4 is 4.74 Å². The predicted octanol–water partition coefficient (Wildman–Crippen LogP) is 3.23. The maximum absolute atomic E-state index is 12.8. The van der Waals surface area contributed by atoms with Gasteiger partial charge in [0.05, 0.1) is 28.8 Å². The Hall–Kier alpha value is -1.64. The lowest BCUT2D eigenvalue weighted by Gasteiger charge is -2.26. The van der Waals surface area contributed by atoms with Crippen molar-refractivity contribution in [2.75, 3.05) is 26.3 Å². The maximum atomic E-state index is 12.8. The predicted molar refractivity (Wildman–Crippen MR) is 97.4 cm³/mol. The van der Waals surface area contributed by atoms with Crippen molar-refractivity contribution in [1.29, 1.82) is 0 Å². The Bertz CT molecular complexity index is 912. The minimum absolute atomic E-state index is 0.0110. The van der Waals surface area contributed by atoms with Crippen LogP contribution in [0.3, 0.4) is 0 Å². The lowest BCUT2D eigenvalue weighted by molar-refractivity contribution is 0.0727. The molecule has 2 aromatic carbocycles. The van der Waals surface area contributed by atoms with Crippen molar-refractivity contribution in [3.63, 3.8) is 0 Å². The average Bonchev–Trinajstić information content (AvgIpc) is 2.63. The van der Waals surface area contributed by atoms with E-state index in [-0.39, 0.29) is 33.6 Å². The lowest BCUT2D eigenvalue weighted by Crippen LogP contribution is -2.40. The second kappa shape index (κ2) is 7.94. The van der Waals surface area contributed by atoms with E-state index in [0.29, 0.717) is 19.0 Å². The number of esters is 1. The van der Waals surface area contributed by atoms with Crippen LogP contribution in [0.2, 0.25) is 10.0 Å². The molecule has 0 bridgehead atoms. The summed E-state index contributed by atoms with van der Waals surface area (Å²) in [5, 5.41) is -0.0467. The molecule has 0 aliphatic carbocycles. The molecular weight excluding hydrogens is 401 g/mol. The van der Waals surface area contributed by atoms with E-state index in [1.54, 1.807) is 30.3 Å². The van der Waals surface area contributed by atoms with E-state index in [9.17, 15) is 13.2 Å². The first kappa shape index (κ1) is 19.1. The molecule has 6 nitrogen and oxygen atoms in total. The van der Waals surface area contributed by atoms with Crippen LogP contribution in [0.5, 0.6) is 5.75 Å². The topological polar surface area (TPSA) is 72.9 Å². The largest absolute Gasteiger partial charge is 0.423 e. The van der Waals surface area contributed by atoms with Crippen LogP contribution in [0.15, 0.2) is 47.4 Å². The first-order valence-electron chi connectivity index (χ1n) is 7.74. The molecule has 0 spiro atoms. The zero-order chi connectivity index (χ0) is 18.7. The number of carbonyl (C=O) groups is 1. The van der Waals surface area contributed by atoms with Gasteiger partial charge < -0.3 is 9.47 Å². The minimum atomic E-state index is -3.88. The van der Waals surface area contributed by atoms with Crippen LogP contribution >= 0.6 is 23.2 Å². The average molecular weight is 416 g/mol. The Morgan fingerprint density at radius 1 is 1.04 bits per heavy atom. The molecule has 0 aromatic heterocycles. The molecule has 1 aliphatic rings. The number of nitrogens with zero attached hydrogens (tertiary/aromatic N) is 1. The van der Waals surface area contributed by atoms with Gasteiger partial charge in [-0.05, 0) is 24.3 Å². The summed E-state index contributed by atoms with van der Waals surface area (Å²) in [5.74, 6) is -0.447. The molecule has 26 heavy (non-hydrogen) atoms. The summed E-state index contributed by atoms with van der Waals surface area (Å²) in [6.45, 7) is 1.02. The second-order valence-corrected chi connectivity index (χ2v) is 8.20. The fourth-order valence-corrected chi connectivity index (χ4v) is 4.69. The Labute approximate surface area is 161 Å². The van der Waals surface area contributed by atoms with Gasteiger partial charge in [-0.25, -0.2) is 13.2 Å². The number of halogens is 2. The van der Waals surface area contributed by atoms with E-state index in [1.165, 1.54) is 10.4 Å². The van der Waals surface area contributed by atoms with Gasteiger partial charge >= 0.3 is 5.97 Å². The molecule has 9 heteroatoms. The molecule has 1 aliphatic heterocycles. The summed E-state index contributed by atoms with van der Waals surface area (Å²) in [6.07, 6.45) is 0. The van der Waals surface area contributed by atoms with Gasteiger partial charge in [-0.3, -0.25) is 0 Å². The molecule has 3 rings (SSSR count). The monoisotopic (exact) mass is 415 g/mol. The van der Waals surface area contributed by atoms with Crippen LogP contribution in [0.25, 0.3) is 0 Å². The Morgan fingerprint density at radius 2 is 1.69 bits per heavy atom. The van der Waals surface area contributed by atoms with Gasteiger partial charge in [0, 0.05) is 13.1 Å². The number of sulfonamides is 1. The fraction of sp³-hybridized carbons (Fsp3) is 0.235. The Balaban J connectivity index is 1.95. The first-order valence-corrected chi connectivity index (χ1v) is 9.93. The van der Waals surface area contributed by atoms with Crippen molar-refractivity contribution >= 4 is 39.2 Å². The van der Waals surface area contributed by atoms with Crippen molar-refractivity contribution < 1.29 is 22.7 Å². The molecule has 1 saturated heterocycles. The summed E-state index contributed by atoms with van der Waals surface area (Å²) in [4.78, 5) is 12.2. The number of para-hydroxylation sites is 1. The Morgan fingerprint density at radius 3 is 2.35 bits per heavy atom. The number of benzene rings is 2. The number of hydrogen-bond donors (Lipinski definition) is 0. The van der Waals surface area contributed by atoms with Crippen LogP contribution in [0, 0.1) is 0 Å². The van der Waals surface area contributed by atoms with Gasteiger partial charge in [-0.15, -0.1) is 0 Å². The van der Waals surface area contributed by atoms with Crippen LogP contribution in [-0.4, -0.2) is 45.0 Å². The third kappa shape index (κ3) is 4.02. The maximum Gasteiger partial charge on any atom is 0.345 e. The van der Waals surface area contributed by atoms with E-state index in [4.69, 9.17) is 32.7 Å². The normalized spacial score (nSPS) is 15.6. The number of ether oxygens (including phenoxy) is 2.